The molecule has 1 aromatic carbocycles. The van der Waals surface area contributed by atoms with Crippen LogP contribution < -0.4 is 14.4 Å². The van der Waals surface area contributed by atoms with Crippen LogP contribution in [0.4, 0.5) is 5.69 Å². The maximum atomic E-state index is 6.08. The fourth-order valence-corrected chi connectivity index (χ4v) is 3.87. The van der Waals surface area contributed by atoms with Crippen LogP contribution >= 0.6 is 23.4 Å². The van der Waals surface area contributed by atoms with Gasteiger partial charge in [-0.15, -0.1) is 11.8 Å². The molecule has 22 heavy (non-hydrogen) atoms. The fourth-order valence-electron chi connectivity index (χ4n) is 2.38. The molecular formula is C15H16ClN3O2S. The first-order chi connectivity index (χ1) is 10.6. The molecule has 0 fully saturated rings. The smallest absolute Gasteiger partial charge is 0.278 e. The van der Waals surface area contributed by atoms with Gasteiger partial charge in [0.25, 0.3) is 11.8 Å². The minimum Gasteiger partial charge on any atom is -0.477 e. The van der Waals surface area contributed by atoms with Crippen molar-refractivity contribution in [3.05, 3.63) is 35.1 Å². The predicted molar refractivity (Wildman–Crippen MR) is 88.5 cm³/mol. The lowest BCUT2D eigenvalue weighted by molar-refractivity contribution is 0.330. The molecule has 1 atom stereocenters. The van der Waals surface area contributed by atoms with Crippen LogP contribution in [0.3, 0.4) is 0 Å². The second kappa shape index (κ2) is 6.22. The molecule has 5 nitrogen and oxygen atoms in total. The van der Waals surface area contributed by atoms with E-state index < -0.39 is 0 Å². The summed E-state index contributed by atoms with van der Waals surface area (Å²) in [5.41, 5.74) is 2.01. The number of halogens is 1. The number of hydrogen-bond donors (Lipinski definition) is 0. The molecule has 0 aliphatic carbocycles. The summed E-state index contributed by atoms with van der Waals surface area (Å²) in [4.78, 5) is 12.2. The number of aromatic nitrogens is 2. The van der Waals surface area contributed by atoms with Crippen LogP contribution in [0.15, 0.2) is 29.3 Å². The van der Waals surface area contributed by atoms with Gasteiger partial charge in [0.2, 0.25) is 0 Å². The number of hydrogen-bond acceptors (Lipinski definition) is 6. The number of nitrogens with zero attached hydrogens (tertiary/aromatic N) is 3. The largest absolute Gasteiger partial charge is 0.477 e. The Morgan fingerprint density at radius 2 is 2.05 bits per heavy atom. The van der Waals surface area contributed by atoms with E-state index in [1.807, 2.05) is 18.2 Å². The third-order valence-electron chi connectivity index (χ3n) is 3.49. The number of methoxy groups -OCH3 is 2. The molecule has 0 spiro atoms. The Bertz CT molecular complexity index is 698. The first kappa shape index (κ1) is 15.2. The van der Waals surface area contributed by atoms with Gasteiger partial charge in [-0.25, -0.2) is 9.97 Å². The maximum absolute atomic E-state index is 6.08. The second-order valence-corrected chi connectivity index (χ2v) is 6.59. The zero-order valence-electron chi connectivity index (χ0n) is 12.5. The van der Waals surface area contributed by atoms with Gasteiger partial charge in [0.05, 0.1) is 37.0 Å². The number of rotatable bonds is 3. The van der Waals surface area contributed by atoms with Gasteiger partial charge in [0.1, 0.15) is 0 Å². The monoisotopic (exact) mass is 337 g/mol. The van der Waals surface area contributed by atoms with Crippen molar-refractivity contribution in [2.75, 3.05) is 32.7 Å². The Balaban J connectivity index is 1.92. The quantitative estimate of drug-likeness (QED) is 0.855. The summed E-state index contributed by atoms with van der Waals surface area (Å²) in [6.45, 7) is 0.822. The minimum atomic E-state index is 0.172. The van der Waals surface area contributed by atoms with Crippen LogP contribution in [0.5, 0.6) is 11.8 Å². The molecule has 7 heteroatoms. The van der Waals surface area contributed by atoms with Gasteiger partial charge < -0.3 is 14.4 Å². The van der Waals surface area contributed by atoms with Crippen molar-refractivity contribution < 1.29 is 9.47 Å². The fraction of sp³-hybridized carbons (Fsp3) is 0.333. The Morgan fingerprint density at radius 3 is 2.77 bits per heavy atom. The lowest BCUT2D eigenvalue weighted by Gasteiger charge is -2.32. The van der Waals surface area contributed by atoms with E-state index in [4.69, 9.17) is 21.1 Å². The van der Waals surface area contributed by atoms with Crippen LogP contribution in [0.1, 0.15) is 10.9 Å². The number of ether oxygens (including phenoxy) is 2. The maximum Gasteiger partial charge on any atom is 0.278 e. The summed E-state index contributed by atoms with van der Waals surface area (Å²) in [6.07, 6.45) is 1.74. The predicted octanol–water partition coefficient (Wildman–Crippen LogP) is 3.43. The van der Waals surface area contributed by atoms with Crippen molar-refractivity contribution in [1.29, 1.82) is 0 Å². The Hall–Kier alpha value is -1.66. The van der Waals surface area contributed by atoms with E-state index in [-0.39, 0.29) is 5.25 Å². The summed E-state index contributed by atoms with van der Waals surface area (Å²) in [6, 6.07) is 5.93. The molecule has 2 aromatic rings. The van der Waals surface area contributed by atoms with Crippen LogP contribution in [0.2, 0.25) is 5.02 Å². The minimum absolute atomic E-state index is 0.172. The Labute approximate surface area is 138 Å². The molecule has 0 N–H and O–H groups in total. The molecule has 0 radical (unpaired) electrons. The van der Waals surface area contributed by atoms with Crippen molar-refractivity contribution in [1.82, 2.24) is 9.97 Å². The molecule has 0 bridgehead atoms. The summed E-state index contributed by atoms with van der Waals surface area (Å²) in [7, 11) is 5.17. The third kappa shape index (κ3) is 2.80. The van der Waals surface area contributed by atoms with Gasteiger partial charge in [-0.05, 0) is 18.2 Å². The van der Waals surface area contributed by atoms with Gasteiger partial charge in [0.15, 0.2) is 0 Å². The van der Waals surface area contributed by atoms with Crippen molar-refractivity contribution >= 4 is 29.1 Å². The van der Waals surface area contributed by atoms with Gasteiger partial charge in [-0.1, -0.05) is 11.6 Å². The number of benzene rings is 1. The standard InChI is InChI=1S/C15H16ClN3O2S/c1-19-8-13(22-12-5-4-9(16)6-11(12)19)10-7-17-14(20-2)15(18-10)21-3/h4-7,13H,8H2,1-3H3. The van der Waals surface area contributed by atoms with Gasteiger partial charge in [-0.2, -0.15) is 0 Å². The number of fused-ring (bicyclic) bond motifs is 1. The summed E-state index contributed by atoms with van der Waals surface area (Å²) in [5, 5.41) is 0.918. The highest BCUT2D eigenvalue weighted by Crippen LogP contribution is 2.45. The lowest BCUT2D eigenvalue weighted by atomic mass is 10.2. The number of anilines is 1. The summed E-state index contributed by atoms with van der Waals surface area (Å²) in [5.74, 6) is 0.803. The number of likely N-dealkylation sites (N-methyl/N-ethyl adjacent to an activating group) is 1. The van der Waals surface area contributed by atoms with Crippen molar-refractivity contribution in [2.24, 2.45) is 0 Å². The second-order valence-electron chi connectivity index (χ2n) is 4.91. The van der Waals surface area contributed by atoms with Gasteiger partial charge in [-0.3, -0.25) is 0 Å². The highest BCUT2D eigenvalue weighted by atomic mass is 35.5. The molecule has 1 aliphatic rings. The molecule has 0 amide bonds. The van der Waals surface area contributed by atoms with Crippen LogP contribution in [0.25, 0.3) is 0 Å². The molecule has 1 aliphatic heterocycles. The van der Waals surface area contributed by atoms with Gasteiger partial charge in [0, 0.05) is 23.5 Å². The van der Waals surface area contributed by atoms with Crippen LogP contribution in [-0.4, -0.2) is 37.8 Å². The van der Waals surface area contributed by atoms with E-state index in [0.717, 1.165) is 22.9 Å². The Kier molecular flexibility index (Phi) is 4.31. The molecule has 0 saturated heterocycles. The van der Waals surface area contributed by atoms with Crippen LogP contribution in [-0.2, 0) is 0 Å². The van der Waals surface area contributed by atoms with E-state index in [1.54, 1.807) is 32.2 Å². The van der Waals surface area contributed by atoms with E-state index in [0.29, 0.717) is 11.8 Å². The van der Waals surface area contributed by atoms with Crippen molar-refractivity contribution in [3.63, 3.8) is 0 Å². The average molecular weight is 338 g/mol. The highest BCUT2D eigenvalue weighted by Gasteiger charge is 2.26. The molecular weight excluding hydrogens is 322 g/mol. The molecule has 1 aromatic heterocycles. The summed E-state index contributed by atoms with van der Waals surface area (Å²) < 4.78 is 10.4. The van der Waals surface area contributed by atoms with E-state index in [2.05, 4.69) is 21.9 Å². The Morgan fingerprint density at radius 1 is 1.27 bits per heavy atom. The van der Waals surface area contributed by atoms with Crippen molar-refractivity contribution in [3.8, 4) is 11.8 Å². The van der Waals surface area contributed by atoms with E-state index in [1.165, 1.54) is 4.90 Å². The SMILES string of the molecule is COc1ncc(C2CN(C)c3cc(Cl)ccc3S2)nc1OC. The molecule has 0 saturated carbocycles. The van der Waals surface area contributed by atoms with E-state index >= 15 is 0 Å². The third-order valence-corrected chi connectivity index (χ3v) is 4.99. The van der Waals surface area contributed by atoms with Gasteiger partial charge >= 0.3 is 0 Å². The number of thioether (sulfide) groups is 1. The normalized spacial score (nSPS) is 17.1. The van der Waals surface area contributed by atoms with Crippen LogP contribution in [0, 0.1) is 0 Å². The first-order valence-electron chi connectivity index (χ1n) is 6.74. The topological polar surface area (TPSA) is 47.5 Å². The molecule has 1 unspecified atom stereocenters. The van der Waals surface area contributed by atoms with E-state index in [9.17, 15) is 0 Å². The molecule has 2 heterocycles. The lowest BCUT2D eigenvalue weighted by Crippen LogP contribution is -2.27. The first-order valence-corrected chi connectivity index (χ1v) is 8.00. The molecule has 3 rings (SSSR count). The zero-order valence-corrected chi connectivity index (χ0v) is 14.1. The van der Waals surface area contributed by atoms with Crippen molar-refractivity contribution in [2.45, 2.75) is 10.1 Å². The summed E-state index contributed by atoms with van der Waals surface area (Å²) >= 11 is 7.84. The highest BCUT2D eigenvalue weighted by molar-refractivity contribution is 7.99. The zero-order chi connectivity index (χ0) is 15.7. The average Bonchev–Trinajstić information content (AvgIpc) is 2.54. The molecule has 116 valence electrons.